The standard InChI is InChI=1S/C14H12Cl2O4S4/c15-11-3-5-13(23(17,18)21)9(7-11)1-2-10-8-12(16)4-6-14(10)24(19,20)22/h3-8H,1-2H2,(H,17,18,21)(H,19,20,22). The molecule has 0 aromatic heterocycles. The van der Waals surface area contributed by atoms with Crippen molar-refractivity contribution in [3.63, 3.8) is 0 Å². The molecule has 24 heavy (non-hydrogen) atoms. The molecule has 0 aliphatic heterocycles. The van der Waals surface area contributed by atoms with Gasteiger partial charge in [0.1, 0.15) is 0 Å². The minimum atomic E-state index is -3.72. The molecule has 2 aromatic carbocycles. The van der Waals surface area contributed by atoms with Crippen molar-refractivity contribution in [2.75, 3.05) is 0 Å². The summed E-state index contributed by atoms with van der Waals surface area (Å²) in [5.74, 6) is 0. The number of thiol groups is 2. The number of halogens is 2. The summed E-state index contributed by atoms with van der Waals surface area (Å²) in [6.07, 6.45) is 0.485. The first-order valence-corrected chi connectivity index (χ1v) is 12.3. The molecule has 0 radical (unpaired) electrons. The maximum atomic E-state index is 11.7. The van der Waals surface area contributed by atoms with Gasteiger partial charge >= 0.3 is 0 Å². The smallest absolute Gasteiger partial charge is 0.212 e. The maximum absolute atomic E-state index is 11.7. The number of hydrogen-bond acceptors (Lipinski definition) is 4. The van der Waals surface area contributed by atoms with Crippen molar-refractivity contribution >= 4 is 64.3 Å². The van der Waals surface area contributed by atoms with Gasteiger partial charge in [-0.15, -0.1) is 0 Å². The van der Waals surface area contributed by atoms with Gasteiger partial charge in [0.2, 0.25) is 17.7 Å². The van der Waals surface area contributed by atoms with Crippen molar-refractivity contribution in [2.45, 2.75) is 22.6 Å². The SMILES string of the molecule is O=S(=O)(S)c1ccc(Cl)cc1CCc1cc(Cl)ccc1S(=O)(=O)S. The summed E-state index contributed by atoms with van der Waals surface area (Å²) in [4.78, 5) is 0.0695. The molecule has 0 saturated heterocycles. The number of rotatable bonds is 5. The highest BCUT2D eigenvalue weighted by Crippen LogP contribution is 2.28. The Kier molecular flexibility index (Phi) is 6.21. The normalized spacial score (nSPS) is 12.3. The zero-order valence-electron chi connectivity index (χ0n) is 12.0. The monoisotopic (exact) mass is 442 g/mol. The van der Waals surface area contributed by atoms with Crippen LogP contribution >= 0.6 is 46.5 Å². The zero-order valence-corrected chi connectivity index (χ0v) is 16.9. The lowest BCUT2D eigenvalue weighted by Crippen LogP contribution is -2.03. The van der Waals surface area contributed by atoms with Crippen molar-refractivity contribution in [1.29, 1.82) is 0 Å². The molecule has 0 fully saturated rings. The third-order valence-electron chi connectivity index (χ3n) is 3.26. The quantitative estimate of drug-likeness (QED) is 0.541. The fraction of sp³-hybridized carbons (Fsp3) is 0.143. The molecule has 4 nitrogen and oxygen atoms in total. The summed E-state index contributed by atoms with van der Waals surface area (Å²) in [5.41, 5.74) is 0.889. The van der Waals surface area contributed by atoms with Gasteiger partial charge in [-0.3, -0.25) is 0 Å². The topological polar surface area (TPSA) is 68.3 Å². The third-order valence-corrected chi connectivity index (χ3v) is 6.82. The van der Waals surface area contributed by atoms with Gasteiger partial charge in [0, 0.05) is 10.0 Å². The van der Waals surface area contributed by atoms with Crippen LogP contribution in [0.3, 0.4) is 0 Å². The van der Waals surface area contributed by atoms with Crippen LogP contribution in [0.15, 0.2) is 46.2 Å². The maximum Gasteiger partial charge on any atom is 0.227 e. The summed E-state index contributed by atoms with van der Waals surface area (Å²) in [5, 5.41) is 0.748. The van der Waals surface area contributed by atoms with E-state index in [1.165, 1.54) is 36.4 Å². The Balaban J connectivity index is 2.43. The fourth-order valence-corrected chi connectivity index (χ4v) is 5.18. The molecule has 0 heterocycles. The third kappa shape index (κ3) is 5.06. The van der Waals surface area contributed by atoms with Gasteiger partial charge in [-0.25, -0.2) is 16.8 Å². The van der Waals surface area contributed by atoms with E-state index in [-0.39, 0.29) is 22.6 Å². The molecule has 0 spiro atoms. The minimum Gasteiger partial charge on any atom is -0.212 e. The molecule has 0 saturated carbocycles. The molecule has 0 unspecified atom stereocenters. The van der Waals surface area contributed by atoms with Crippen LogP contribution in [0.5, 0.6) is 0 Å². The van der Waals surface area contributed by atoms with E-state index in [0.717, 1.165) is 0 Å². The molecule has 0 N–H and O–H groups in total. The van der Waals surface area contributed by atoms with Crippen LogP contribution in [0.4, 0.5) is 0 Å². The average Bonchev–Trinajstić information content (AvgIpc) is 2.42. The van der Waals surface area contributed by atoms with Gasteiger partial charge in [-0.1, -0.05) is 23.2 Å². The van der Waals surface area contributed by atoms with Crippen LogP contribution < -0.4 is 0 Å². The fourth-order valence-electron chi connectivity index (χ4n) is 2.26. The van der Waals surface area contributed by atoms with Crippen molar-refractivity contribution in [1.82, 2.24) is 0 Å². The first kappa shape index (κ1) is 19.9. The minimum absolute atomic E-state index is 0.0348. The lowest BCUT2D eigenvalue weighted by molar-refractivity contribution is 0.607. The average molecular weight is 443 g/mol. The summed E-state index contributed by atoms with van der Waals surface area (Å²) in [6.45, 7) is 0. The Bertz CT molecular complexity index is 904. The van der Waals surface area contributed by atoms with E-state index >= 15 is 0 Å². The molecule has 0 bridgehead atoms. The van der Waals surface area contributed by atoms with E-state index in [1.807, 2.05) is 0 Å². The molecular weight excluding hydrogens is 431 g/mol. The largest absolute Gasteiger partial charge is 0.227 e. The molecule has 10 heteroatoms. The number of benzene rings is 2. The highest BCUT2D eigenvalue weighted by Gasteiger charge is 2.18. The Hall–Kier alpha value is -0.380. The molecule has 0 aliphatic carbocycles. The van der Waals surface area contributed by atoms with Crippen LogP contribution in [0.1, 0.15) is 11.1 Å². The number of hydrogen-bond donors (Lipinski definition) is 2. The Morgan fingerprint density at radius 3 is 1.33 bits per heavy atom. The number of aryl methyl sites for hydroxylation is 2. The van der Waals surface area contributed by atoms with Crippen LogP contribution in [-0.4, -0.2) is 16.8 Å². The Morgan fingerprint density at radius 2 is 1.04 bits per heavy atom. The van der Waals surface area contributed by atoms with Crippen molar-refractivity contribution in [2.24, 2.45) is 0 Å². The molecule has 2 rings (SSSR count). The highest BCUT2D eigenvalue weighted by atomic mass is 35.5. The van der Waals surface area contributed by atoms with Gasteiger partial charge < -0.3 is 0 Å². The van der Waals surface area contributed by atoms with Gasteiger partial charge in [0.25, 0.3) is 0 Å². The van der Waals surface area contributed by atoms with Crippen LogP contribution in [-0.2, 0) is 30.6 Å². The first-order chi connectivity index (χ1) is 11.0. The second-order valence-corrected chi connectivity index (χ2v) is 11.5. The molecule has 2 aromatic rings. The summed E-state index contributed by atoms with van der Waals surface area (Å²) < 4.78 is 47.0. The van der Waals surface area contributed by atoms with Gasteiger partial charge in [0.05, 0.1) is 9.79 Å². The van der Waals surface area contributed by atoms with Crippen molar-refractivity contribution in [3.8, 4) is 0 Å². The van der Waals surface area contributed by atoms with E-state index < -0.39 is 17.7 Å². The van der Waals surface area contributed by atoms with Crippen LogP contribution in [0.2, 0.25) is 10.0 Å². The Morgan fingerprint density at radius 1 is 0.708 bits per heavy atom. The second-order valence-electron chi connectivity index (χ2n) is 4.95. The highest BCUT2D eigenvalue weighted by molar-refractivity contribution is 8.63. The van der Waals surface area contributed by atoms with Crippen LogP contribution in [0, 0.1) is 0 Å². The predicted octanol–water partition coefficient (Wildman–Crippen LogP) is 4.02. The molecule has 0 amide bonds. The van der Waals surface area contributed by atoms with E-state index in [4.69, 9.17) is 23.2 Å². The summed E-state index contributed by atoms with van der Waals surface area (Å²) >= 11 is 19.1. The molecule has 0 aliphatic rings. The van der Waals surface area contributed by atoms with E-state index in [0.29, 0.717) is 21.2 Å². The predicted molar refractivity (Wildman–Crippen MR) is 103 cm³/mol. The van der Waals surface area contributed by atoms with Crippen molar-refractivity contribution < 1.29 is 16.8 Å². The lowest BCUT2D eigenvalue weighted by Gasteiger charge is -2.11. The molecule has 130 valence electrons. The zero-order chi connectivity index (χ0) is 18.1. The summed E-state index contributed by atoms with van der Waals surface area (Å²) in [6, 6.07) is 8.69. The Labute approximate surface area is 160 Å². The first-order valence-electron chi connectivity index (χ1n) is 6.50. The summed E-state index contributed by atoms with van der Waals surface area (Å²) in [7, 11) is -7.45. The van der Waals surface area contributed by atoms with E-state index in [9.17, 15) is 16.8 Å². The molecule has 0 atom stereocenters. The lowest BCUT2D eigenvalue weighted by atomic mass is 10.0. The van der Waals surface area contributed by atoms with Gasteiger partial charge in [-0.05, 0) is 83.7 Å². The van der Waals surface area contributed by atoms with Gasteiger partial charge in [0.15, 0.2) is 0 Å². The van der Waals surface area contributed by atoms with Crippen molar-refractivity contribution in [3.05, 3.63) is 57.6 Å². The second kappa shape index (κ2) is 7.47. The van der Waals surface area contributed by atoms with Crippen LogP contribution in [0.25, 0.3) is 0 Å². The van der Waals surface area contributed by atoms with E-state index in [1.54, 1.807) is 0 Å². The molecular formula is C14H12Cl2O4S4. The van der Waals surface area contributed by atoms with Gasteiger partial charge in [-0.2, -0.15) is 0 Å². The van der Waals surface area contributed by atoms with E-state index in [2.05, 4.69) is 23.3 Å².